The smallest absolute Gasteiger partial charge is 0.338 e. The molecule has 0 bridgehead atoms. The number of alkyl halides is 1. The number of carbonyl (C=O) groups is 1. The predicted octanol–water partition coefficient (Wildman–Crippen LogP) is 3.11. The molecule has 3 nitrogen and oxygen atoms in total. The zero-order valence-electron chi connectivity index (χ0n) is 8.12. The average molecular weight is 269 g/mol. The molecular formula is C11H9BrO3. The van der Waals surface area contributed by atoms with Crippen molar-refractivity contribution in [2.24, 2.45) is 0 Å². The lowest BCUT2D eigenvalue weighted by Gasteiger charge is -2.02. The molecule has 0 saturated carbocycles. The van der Waals surface area contributed by atoms with Crippen LogP contribution < -0.4 is 0 Å². The van der Waals surface area contributed by atoms with Crippen LogP contribution in [-0.2, 0) is 10.1 Å². The Hall–Kier alpha value is -1.29. The maximum atomic E-state index is 11.4. The summed E-state index contributed by atoms with van der Waals surface area (Å²) >= 11 is 3.37. The minimum absolute atomic E-state index is 0.345. The number of hydrogen-bond donors (Lipinski definition) is 0. The highest BCUT2D eigenvalue weighted by atomic mass is 79.9. The molecule has 0 aliphatic rings. The van der Waals surface area contributed by atoms with E-state index in [0.717, 1.165) is 16.5 Å². The predicted molar refractivity (Wildman–Crippen MR) is 60.2 cm³/mol. The van der Waals surface area contributed by atoms with Gasteiger partial charge in [-0.25, -0.2) is 4.79 Å². The van der Waals surface area contributed by atoms with Crippen LogP contribution in [0.2, 0.25) is 0 Å². The molecule has 0 amide bonds. The lowest BCUT2D eigenvalue weighted by molar-refractivity contribution is 0.0603. The van der Waals surface area contributed by atoms with E-state index in [0.29, 0.717) is 10.9 Å². The fourth-order valence-electron chi connectivity index (χ4n) is 1.51. The Labute approximate surface area is 95.1 Å². The summed E-state index contributed by atoms with van der Waals surface area (Å²) in [6, 6.07) is 5.38. The molecule has 0 unspecified atom stereocenters. The van der Waals surface area contributed by atoms with Gasteiger partial charge in [0.2, 0.25) is 0 Å². The topological polar surface area (TPSA) is 39.4 Å². The van der Waals surface area contributed by atoms with Crippen molar-refractivity contribution in [1.29, 1.82) is 0 Å². The van der Waals surface area contributed by atoms with E-state index >= 15 is 0 Å². The Morgan fingerprint density at radius 2 is 2.27 bits per heavy atom. The highest BCUT2D eigenvalue weighted by Gasteiger charge is 2.14. The van der Waals surface area contributed by atoms with Crippen LogP contribution in [0.5, 0.6) is 0 Å². The number of methoxy groups -OCH3 is 1. The molecule has 0 saturated heterocycles. The van der Waals surface area contributed by atoms with Crippen molar-refractivity contribution in [3.63, 3.8) is 0 Å². The molecule has 1 heterocycles. The van der Waals surface area contributed by atoms with Gasteiger partial charge in [0, 0.05) is 16.3 Å². The number of carbonyl (C=O) groups excluding carboxylic acids is 1. The van der Waals surface area contributed by atoms with Crippen molar-refractivity contribution in [3.05, 3.63) is 35.6 Å². The SMILES string of the molecule is COC(=O)c1ccc(CBr)c2occc12. The molecule has 0 radical (unpaired) electrons. The van der Waals surface area contributed by atoms with Gasteiger partial charge in [0.25, 0.3) is 0 Å². The van der Waals surface area contributed by atoms with Gasteiger partial charge in [-0.3, -0.25) is 0 Å². The van der Waals surface area contributed by atoms with Crippen LogP contribution >= 0.6 is 15.9 Å². The molecule has 0 fully saturated rings. The van der Waals surface area contributed by atoms with Gasteiger partial charge >= 0.3 is 5.97 Å². The van der Waals surface area contributed by atoms with Gasteiger partial charge < -0.3 is 9.15 Å². The Morgan fingerprint density at radius 1 is 1.47 bits per heavy atom. The number of halogens is 1. The summed E-state index contributed by atoms with van der Waals surface area (Å²) in [5, 5.41) is 1.48. The number of hydrogen-bond acceptors (Lipinski definition) is 3. The van der Waals surface area contributed by atoms with Gasteiger partial charge in [-0.05, 0) is 12.1 Å². The van der Waals surface area contributed by atoms with E-state index in [4.69, 9.17) is 9.15 Å². The fraction of sp³-hybridized carbons (Fsp3) is 0.182. The van der Waals surface area contributed by atoms with E-state index < -0.39 is 0 Å². The largest absolute Gasteiger partial charge is 0.465 e. The number of rotatable bonds is 2. The van der Waals surface area contributed by atoms with Crippen LogP contribution in [0, 0.1) is 0 Å². The van der Waals surface area contributed by atoms with Crippen molar-refractivity contribution in [2.45, 2.75) is 5.33 Å². The zero-order chi connectivity index (χ0) is 10.8. The van der Waals surface area contributed by atoms with Crippen LogP contribution in [0.4, 0.5) is 0 Å². The molecule has 15 heavy (non-hydrogen) atoms. The van der Waals surface area contributed by atoms with Crippen LogP contribution in [0.1, 0.15) is 15.9 Å². The Kier molecular flexibility index (Phi) is 2.77. The van der Waals surface area contributed by atoms with E-state index in [1.165, 1.54) is 7.11 Å². The minimum atomic E-state index is -0.345. The van der Waals surface area contributed by atoms with E-state index in [1.807, 2.05) is 6.07 Å². The highest BCUT2D eigenvalue weighted by Crippen LogP contribution is 2.26. The minimum Gasteiger partial charge on any atom is -0.465 e. The van der Waals surface area contributed by atoms with Crippen molar-refractivity contribution in [3.8, 4) is 0 Å². The summed E-state index contributed by atoms with van der Waals surface area (Å²) in [6.07, 6.45) is 1.57. The molecular weight excluding hydrogens is 260 g/mol. The summed E-state index contributed by atoms with van der Waals surface area (Å²) in [6.45, 7) is 0. The third-order valence-corrected chi connectivity index (χ3v) is 2.85. The van der Waals surface area contributed by atoms with E-state index in [-0.39, 0.29) is 5.97 Å². The molecule has 78 valence electrons. The maximum Gasteiger partial charge on any atom is 0.338 e. The monoisotopic (exact) mass is 268 g/mol. The number of furan rings is 1. The van der Waals surface area contributed by atoms with Gasteiger partial charge in [-0.1, -0.05) is 22.0 Å². The number of fused-ring (bicyclic) bond motifs is 1. The first kappa shape index (κ1) is 10.2. The molecule has 1 aromatic heterocycles. The molecule has 2 rings (SSSR count). The average Bonchev–Trinajstić information content (AvgIpc) is 2.75. The molecule has 0 aliphatic heterocycles. The van der Waals surface area contributed by atoms with Gasteiger partial charge in [0.1, 0.15) is 5.58 Å². The molecule has 0 aliphatic carbocycles. The summed E-state index contributed by atoms with van der Waals surface area (Å²) in [7, 11) is 1.37. The summed E-state index contributed by atoms with van der Waals surface area (Å²) in [5.74, 6) is -0.345. The summed E-state index contributed by atoms with van der Waals surface area (Å²) in [4.78, 5) is 11.4. The molecule has 0 atom stereocenters. The zero-order valence-corrected chi connectivity index (χ0v) is 9.71. The third kappa shape index (κ3) is 1.65. The van der Waals surface area contributed by atoms with E-state index in [1.54, 1.807) is 18.4 Å². The summed E-state index contributed by atoms with van der Waals surface area (Å²) < 4.78 is 10.0. The van der Waals surface area contributed by atoms with E-state index in [9.17, 15) is 4.79 Å². The van der Waals surface area contributed by atoms with Crippen LogP contribution in [0.25, 0.3) is 11.0 Å². The third-order valence-electron chi connectivity index (χ3n) is 2.25. The number of ether oxygens (including phenoxy) is 1. The maximum absolute atomic E-state index is 11.4. The Balaban J connectivity index is 2.68. The second kappa shape index (κ2) is 4.06. The van der Waals surface area contributed by atoms with Crippen LogP contribution in [0.15, 0.2) is 28.9 Å². The first-order valence-corrected chi connectivity index (χ1v) is 5.53. The quantitative estimate of drug-likeness (QED) is 0.621. The van der Waals surface area contributed by atoms with Crippen molar-refractivity contribution in [2.75, 3.05) is 7.11 Å². The second-order valence-corrected chi connectivity index (χ2v) is 3.62. The number of esters is 1. The fourth-order valence-corrected chi connectivity index (χ4v) is 1.95. The molecule has 2 aromatic rings. The lowest BCUT2D eigenvalue weighted by atomic mass is 10.1. The molecule has 0 spiro atoms. The van der Waals surface area contributed by atoms with E-state index in [2.05, 4.69) is 15.9 Å². The molecule has 1 aromatic carbocycles. The normalized spacial score (nSPS) is 10.5. The Morgan fingerprint density at radius 3 is 2.93 bits per heavy atom. The standard InChI is InChI=1S/C11H9BrO3/c1-14-11(13)9-3-2-7(6-12)10-8(9)4-5-15-10/h2-5H,6H2,1H3. The summed E-state index contributed by atoms with van der Waals surface area (Å²) in [5.41, 5.74) is 2.28. The molecule has 4 heteroatoms. The van der Waals surface area contributed by atoms with Crippen molar-refractivity contribution < 1.29 is 13.9 Å². The second-order valence-electron chi connectivity index (χ2n) is 3.06. The number of benzene rings is 1. The van der Waals surface area contributed by atoms with Crippen molar-refractivity contribution in [1.82, 2.24) is 0 Å². The van der Waals surface area contributed by atoms with Gasteiger partial charge in [-0.2, -0.15) is 0 Å². The van der Waals surface area contributed by atoms with Crippen LogP contribution in [-0.4, -0.2) is 13.1 Å². The van der Waals surface area contributed by atoms with Gasteiger partial charge in [-0.15, -0.1) is 0 Å². The Bertz CT molecular complexity index is 502. The van der Waals surface area contributed by atoms with Gasteiger partial charge in [0.05, 0.1) is 18.9 Å². The van der Waals surface area contributed by atoms with Crippen LogP contribution in [0.3, 0.4) is 0 Å². The van der Waals surface area contributed by atoms with Crippen molar-refractivity contribution >= 4 is 32.9 Å². The lowest BCUT2D eigenvalue weighted by Crippen LogP contribution is -2.01. The van der Waals surface area contributed by atoms with Gasteiger partial charge in [0.15, 0.2) is 0 Å². The molecule has 0 N–H and O–H groups in total. The first-order valence-electron chi connectivity index (χ1n) is 4.41. The first-order chi connectivity index (χ1) is 7.27. The highest BCUT2D eigenvalue weighted by molar-refractivity contribution is 9.08.